The predicted molar refractivity (Wildman–Crippen MR) is 127 cm³/mol. The third kappa shape index (κ3) is 4.85. The van der Waals surface area contributed by atoms with E-state index in [1.54, 1.807) is 23.3 Å². The van der Waals surface area contributed by atoms with Gasteiger partial charge in [0.05, 0.1) is 24.7 Å². The van der Waals surface area contributed by atoms with Gasteiger partial charge >= 0.3 is 0 Å². The van der Waals surface area contributed by atoms with E-state index in [1.807, 2.05) is 50.2 Å². The molecule has 0 spiro atoms. The van der Waals surface area contributed by atoms with E-state index in [0.717, 1.165) is 38.6 Å². The molecule has 0 fully saturated rings. The Kier molecular flexibility index (Phi) is 6.08. The molecule has 0 radical (unpaired) electrons. The Morgan fingerprint density at radius 2 is 1.79 bits per heavy atom. The van der Waals surface area contributed by atoms with E-state index in [-0.39, 0.29) is 18.2 Å². The van der Waals surface area contributed by atoms with Crippen LogP contribution >= 0.6 is 0 Å². The average Bonchev–Trinajstić information content (AvgIpc) is 3.24. The van der Waals surface area contributed by atoms with Crippen LogP contribution in [0.15, 0.2) is 55.0 Å². The minimum absolute atomic E-state index is 0.189. The zero-order valence-electron chi connectivity index (χ0n) is 18.6. The lowest BCUT2D eigenvalue weighted by Crippen LogP contribution is -2.23. The van der Waals surface area contributed by atoms with Crippen LogP contribution in [0.3, 0.4) is 0 Å². The molecular formula is C25H26N6O2. The highest BCUT2D eigenvalue weighted by atomic mass is 16.2. The van der Waals surface area contributed by atoms with Crippen LogP contribution in [0.2, 0.25) is 0 Å². The molecule has 0 aliphatic heterocycles. The van der Waals surface area contributed by atoms with Gasteiger partial charge < -0.3 is 16.8 Å². The van der Waals surface area contributed by atoms with Gasteiger partial charge in [-0.2, -0.15) is 5.10 Å². The normalized spacial score (nSPS) is 11.0. The number of hydrogen-bond acceptors (Lipinski definition) is 5. The van der Waals surface area contributed by atoms with Crippen LogP contribution in [0.1, 0.15) is 38.2 Å². The lowest BCUT2D eigenvalue weighted by atomic mass is 9.96. The molecule has 5 N–H and O–H groups in total. The van der Waals surface area contributed by atoms with Crippen molar-refractivity contribution >= 4 is 28.4 Å². The monoisotopic (exact) mass is 442 g/mol. The summed E-state index contributed by atoms with van der Waals surface area (Å²) in [5, 5.41) is 9.26. The number of hydrogen-bond donors (Lipinski definition) is 3. The van der Waals surface area contributed by atoms with Gasteiger partial charge in [0, 0.05) is 24.3 Å². The number of nitrogen functional groups attached to an aromatic ring is 1. The van der Waals surface area contributed by atoms with E-state index >= 15 is 0 Å². The fourth-order valence-corrected chi connectivity index (χ4v) is 3.99. The molecule has 2 aromatic heterocycles. The fourth-order valence-electron chi connectivity index (χ4n) is 3.99. The number of nitrogens with zero attached hydrogens (tertiary/aromatic N) is 3. The summed E-state index contributed by atoms with van der Waals surface area (Å²) in [6, 6.07) is 11.5. The number of nitrogens with two attached hydrogens (primary N) is 2. The van der Waals surface area contributed by atoms with E-state index in [4.69, 9.17) is 11.5 Å². The number of rotatable bonds is 7. The molecule has 0 aliphatic rings. The summed E-state index contributed by atoms with van der Waals surface area (Å²) >= 11 is 0. The molecule has 0 aliphatic carbocycles. The van der Waals surface area contributed by atoms with Gasteiger partial charge in [-0.1, -0.05) is 24.3 Å². The van der Waals surface area contributed by atoms with Gasteiger partial charge in [-0.05, 0) is 59.2 Å². The van der Waals surface area contributed by atoms with Crippen molar-refractivity contribution < 1.29 is 9.59 Å². The van der Waals surface area contributed by atoms with Crippen LogP contribution in [-0.2, 0) is 24.3 Å². The zero-order chi connectivity index (χ0) is 23.5. The van der Waals surface area contributed by atoms with Crippen molar-refractivity contribution in [1.82, 2.24) is 20.1 Å². The van der Waals surface area contributed by atoms with Gasteiger partial charge in [0.25, 0.3) is 5.91 Å². The standard InChI is InChI=1S/C25H26N6O2/c1-15-9-21-20(7-8-28-24(21)27)16(2)22(15)12-29-25(33)19-11-30-31(14-19)13-18-5-3-17(4-6-18)10-23(26)32/h3-9,11,14H,10,12-13H2,1-2H3,(H2,26,32)(H2,27,28)(H,29,33). The van der Waals surface area contributed by atoms with Gasteiger partial charge in [-0.15, -0.1) is 0 Å². The Morgan fingerprint density at radius 1 is 1.06 bits per heavy atom. The Morgan fingerprint density at radius 3 is 2.52 bits per heavy atom. The first-order valence-electron chi connectivity index (χ1n) is 10.6. The van der Waals surface area contributed by atoms with E-state index in [1.165, 1.54) is 0 Å². The molecule has 2 amide bonds. The van der Waals surface area contributed by atoms with Crippen molar-refractivity contribution in [2.75, 3.05) is 5.73 Å². The molecule has 0 atom stereocenters. The number of pyridine rings is 1. The minimum atomic E-state index is -0.360. The topological polar surface area (TPSA) is 129 Å². The maximum Gasteiger partial charge on any atom is 0.254 e. The van der Waals surface area contributed by atoms with Crippen molar-refractivity contribution in [2.24, 2.45) is 5.73 Å². The van der Waals surface area contributed by atoms with E-state index in [0.29, 0.717) is 24.5 Å². The number of anilines is 1. The first kappa shape index (κ1) is 22.0. The molecule has 0 bridgehead atoms. The SMILES string of the molecule is Cc1cc2c(N)nccc2c(C)c1CNC(=O)c1cnn(Cc2ccc(CC(N)=O)cc2)c1. The van der Waals surface area contributed by atoms with Crippen molar-refractivity contribution in [3.8, 4) is 0 Å². The number of primary amides is 1. The van der Waals surface area contributed by atoms with Crippen molar-refractivity contribution in [3.05, 3.63) is 88.4 Å². The third-order valence-corrected chi connectivity index (χ3v) is 5.78. The smallest absolute Gasteiger partial charge is 0.254 e. The molecule has 4 aromatic rings. The van der Waals surface area contributed by atoms with Gasteiger partial charge in [0.15, 0.2) is 0 Å². The highest BCUT2D eigenvalue weighted by Crippen LogP contribution is 2.27. The molecule has 4 rings (SSSR count). The first-order valence-corrected chi connectivity index (χ1v) is 10.6. The summed E-state index contributed by atoms with van der Waals surface area (Å²) in [7, 11) is 0. The molecule has 0 unspecified atom stereocenters. The first-order chi connectivity index (χ1) is 15.8. The van der Waals surface area contributed by atoms with Crippen LogP contribution in [-0.4, -0.2) is 26.6 Å². The number of nitrogens with one attached hydrogen (secondary N) is 1. The summed E-state index contributed by atoms with van der Waals surface area (Å²) in [6.45, 7) is 4.96. The third-order valence-electron chi connectivity index (χ3n) is 5.78. The molecule has 8 nitrogen and oxygen atoms in total. The van der Waals surface area contributed by atoms with E-state index < -0.39 is 0 Å². The van der Waals surface area contributed by atoms with Gasteiger partial charge in [-0.3, -0.25) is 14.3 Å². The number of carbonyl (C=O) groups excluding carboxylic acids is 2. The molecular weight excluding hydrogens is 416 g/mol. The maximum absolute atomic E-state index is 12.7. The number of aryl methyl sites for hydroxylation is 2. The second kappa shape index (κ2) is 9.12. The van der Waals surface area contributed by atoms with Crippen LogP contribution in [0.25, 0.3) is 10.8 Å². The number of aromatic nitrogens is 3. The molecule has 2 aromatic carbocycles. The van der Waals surface area contributed by atoms with Crippen molar-refractivity contribution in [2.45, 2.75) is 33.4 Å². The van der Waals surface area contributed by atoms with Gasteiger partial charge in [-0.25, -0.2) is 4.98 Å². The Hall–Kier alpha value is -4.20. The summed E-state index contributed by atoms with van der Waals surface area (Å²) in [5.74, 6) is -0.0453. The number of fused-ring (bicyclic) bond motifs is 1. The lowest BCUT2D eigenvalue weighted by molar-refractivity contribution is -0.117. The number of carbonyl (C=O) groups is 2. The van der Waals surface area contributed by atoms with Gasteiger partial charge in [0.2, 0.25) is 5.91 Å². The highest BCUT2D eigenvalue weighted by Gasteiger charge is 2.13. The van der Waals surface area contributed by atoms with Crippen LogP contribution in [0, 0.1) is 13.8 Å². The van der Waals surface area contributed by atoms with Crippen molar-refractivity contribution in [3.63, 3.8) is 0 Å². The Bertz CT molecular complexity index is 1340. The molecule has 0 saturated heterocycles. The molecule has 168 valence electrons. The quantitative estimate of drug-likeness (QED) is 0.405. The fraction of sp³-hybridized carbons (Fsp3) is 0.200. The highest BCUT2D eigenvalue weighted by molar-refractivity contribution is 5.95. The minimum Gasteiger partial charge on any atom is -0.383 e. The predicted octanol–water partition coefficient (Wildman–Crippen LogP) is 2.64. The summed E-state index contributed by atoms with van der Waals surface area (Å²) in [5.41, 5.74) is 16.8. The Labute approximate surface area is 191 Å². The second-order valence-electron chi connectivity index (χ2n) is 8.16. The maximum atomic E-state index is 12.7. The molecule has 8 heteroatoms. The molecule has 2 heterocycles. The van der Waals surface area contributed by atoms with Crippen LogP contribution in [0.5, 0.6) is 0 Å². The van der Waals surface area contributed by atoms with E-state index in [9.17, 15) is 9.59 Å². The average molecular weight is 443 g/mol. The Balaban J connectivity index is 1.43. The van der Waals surface area contributed by atoms with Crippen LogP contribution < -0.4 is 16.8 Å². The van der Waals surface area contributed by atoms with Crippen molar-refractivity contribution in [1.29, 1.82) is 0 Å². The van der Waals surface area contributed by atoms with Gasteiger partial charge in [0.1, 0.15) is 5.82 Å². The summed E-state index contributed by atoms with van der Waals surface area (Å²) in [6.07, 6.45) is 5.19. The largest absolute Gasteiger partial charge is 0.383 e. The lowest BCUT2D eigenvalue weighted by Gasteiger charge is -2.14. The molecule has 0 saturated carbocycles. The van der Waals surface area contributed by atoms with E-state index in [2.05, 4.69) is 15.4 Å². The van der Waals surface area contributed by atoms with Crippen LogP contribution in [0.4, 0.5) is 5.82 Å². The summed E-state index contributed by atoms with van der Waals surface area (Å²) in [4.78, 5) is 27.9. The second-order valence-corrected chi connectivity index (χ2v) is 8.16. The zero-order valence-corrected chi connectivity index (χ0v) is 18.6. The molecule has 33 heavy (non-hydrogen) atoms. The summed E-state index contributed by atoms with van der Waals surface area (Å²) < 4.78 is 1.71. The number of benzene rings is 2. The number of amides is 2.